The second kappa shape index (κ2) is 19.9. The largest absolute Gasteiger partial charge is 0.396 e. The number of thioether (sulfide) groups is 1. The van der Waals surface area contributed by atoms with Crippen molar-refractivity contribution >= 4 is 144 Å². The minimum absolute atomic E-state index is 0.101. The van der Waals surface area contributed by atoms with Crippen molar-refractivity contribution in [3.05, 3.63) is 76.8 Å². The zero-order valence-electron chi connectivity index (χ0n) is 33.6. The van der Waals surface area contributed by atoms with Crippen LogP contribution in [0.15, 0.2) is 97.2 Å². The van der Waals surface area contributed by atoms with E-state index in [2.05, 4.69) is 88.5 Å². The van der Waals surface area contributed by atoms with Crippen molar-refractivity contribution in [3.63, 3.8) is 0 Å². The molecule has 0 unspecified atom stereocenters. The summed E-state index contributed by atoms with van der Waals surface area (Å²) in [6.07, 6.45) is 0. The second-order valence-electron chi connectivity index (χ2n) is 13.0. The third-order valence-corrected chi connectivity index (χ3v) is 13.6. The topological polar surface area (TPSA) is 219 Å². The first-order valence-corrected chi connectivity index (χ1v) is 24.0. The number of halogens is 2. The fourth-order valence-corrected chi connectivity index (χ4v) is 10.3. The van der Waals surface area contributed by atoms with Gasteiger partial charge in [-0.05, 0) is 94.4 Å². The van der Waals surface area contributed by atoms with E-state index >= 15 is 0 Å². The fraction of sp³-hybridized carbons (Fsp3) is 0.256. The number of hydrogen-bond donors (Lipinski definition) is 4. The molecule has 0 aliphatic heterocycles. The Labute approximate surface area is 379 Å². The summed E-state index contributed by atoms with van der Waals surface area (Å²) in [4.78, 5) is 27.0. The van der Waals surface area contributed by atoms with Crippen LogP contribution in [-0.4, -0.2) is 81.5 Å². The van der Waals surface area contributed by atoms with Gasteiger partial charge in [0, 0.05) is 48.3 Å². The van der Waals surface area contributed by atoms with Crippen molar-refractivity contribution in [1.29, 1.82) is 0 Å². The second-order valence-corrected chi connectivity index (χ2v) is 18.3. The number of benzene rings is 4. The van der Waals surface area contributed by atoms with Crippen molar-refractivity contribution in [3.8, 4) is 0 Å². The van der Waals surface area contributed by atoms with Gasteiger partial charge < -0.3 is 25.5 Å². The lowest BCUT2D eigenvalue weighted by Crippen LogP contribution is -2.21. The number of aliphatic hydroxyl groups excluding tert-OH is 1. The molecule has 4 aromatic carbocycles. The molecule has 4 N–H and O–H groups in total. The molecule has 7 rings (SSSR count). The van der Waals surface area contributed by atoms with Crippen LogP contribution in [0.2, 0.25) is 10.0 Å². The molecule has 322 valence electrons. The van der Waals surface area contributed by atoms with Crippen molar-refractivity contribution in [2.75, 3.05) is 59.0 Å². The summed E-state index contributed by atoms with van der Waals surface area (Å²) >= 11 is 15.9. The molecule has 17 nitrogen and oxygen atoms in total. The van der Waals surface area contributed by atoms with Crippen LogP contribution in [0.3, 0.4) is 0 Å². The number of anilines is 6. The molecule has 0 saturated carbocycles. The van der Waals surface area contributed by atoms with Crippen LogP contribution in [0.25, 0.3) is 20.4 Å². The van der Waals surface area contributed by atoms with Crippen LogP contribution >= 0.6 is 57.6 Å². The van der Waals surface area contributed by atoms with E-state index in [9.17, 15) is 18.1 Å². The van der Waals surface area contributed by atoms with Gasteiger partial charge in [-0.2, -0.15) is 23.4 Å². The van der Waals surface area contributed by atoms with Crippen LogP contribution in [0.4, 0.5) is 56.3 Å². The summed E-state index contributed by atoms with van der Waals surface area (Å²) in [7, 11) is -4.64. The van der Waals surface area contributed by atoms with Crippen molar-refractivity contribution in [1.82, 2.24) is 24.9 Å². The first-order chi connectivity index (χ1) is 29.9. The van der Waals surface area contributed by atoms with Crippen LogP contribution < -0.4 is 20.4 Å². The number of nitrogens with one attached hydrogen (secondary N) is 2. The molecule has 0 amide bonds. The number of rotatable bonds is 18. The van der Waals surface area contributed by atoms with Crippen LogP contribution in [-0.2, 0) is 10.1 Å². The van der Waals surface area contributed by atoms with E-state index < -0.39 is 15.0 Å². The maximum absolute atomic E-state index is 12.2. The van der Waals surface area contributed by atoms with E-state index in [0.717, 1.165) is 59.1 Å². The average Bonchev–Trinajstić information content (AvgIpc) is 3.85. The maximum atomic E-state index is 12.2. The Hall–Kier alpha value is -5.13. The zero-order valence-corrected chi connectivity index (χ0v) is 38.4. The first-order valence-electron chi connectivity index (χ1n) is 19.2. The Kier molecular flexibility index (Phi) is 14.4. The van der Waals surface area contributed by atoms with E-state index in [1.807, 2.05) is 42.5 Å². The molecule has 23 heteroatoms. The molecule has 0 spiro atoms. The molecule has 3 heterocycles. The van der Waals surface area contributed by atoms with Gasteiger partial charge in [-0.15, -0.1) is 20.5 Å². The van der Waals surface area contributed by atoms with Gasteiger partial charge >= 0.3 is 0 Å². The molecule has 0 bridgehead atoms. The molecule has 0 radical (unpaired) electrons. The monoisotopic (exact) mass is 951 g/mol. The number of nitrogens with zero attached hydrogens (tertiary/aromatic N) is 11. The number of fused-ring (bicyclic) bond motifs is 2. The van der Waals surface area contributed by atoms with Crippen molar-refractivity contribution in [2.45, 2.75) is 37.7 Å². The standard InChI is InChI=1S/C39H39Cl2N13O4S4/c1-5-53(6-2)23-10-14-26(49-51-38-44-28-13-9-22(40)19-32(28)60-38)30(20-23)42-35-46-36(48-37(47-35)59-18-17-55)43-31-21-24(54(7-3)8-4)11-15-27(31)50-52-39-45-29-16-12-25(41)34(33(29)61-39)62(56,57)58/h9-16,19-21,55H,5-8,17-18H2,1-4H3,(H,56,57,58)(H2,42,43,46,47,48). The van der Waals surface area contributed by atoms with Crippen molar-refractivity contribution in [2.24, 2.45) is 20.5 Å². The van der Waals surface area contributed by atoms with Gasteiger partial charge in [-0.3, -0.25) is 4.55 Å². The number of thiazole rings is 2. The summed E-state index contributed by atoms with van der Waals surface area (Å²) in [6, 6.07) is 19.7. The average molecular weight is 953 g/mol. The van der Waals surface area contributed by atoms with Crippen LogP contribution in [0.1, 0.15) is 27.7 Å². The van der Waals surface area contributed by atoms with Gasteiger partial charge in [-0.1, -0.05) is 57.6 Å². The van der Waals surface area contributed by atoms with Gasteiger partial charge in [0.1, 0.15) is 16.3 Å². The normalized spacial score (nSPS) is 12.0. The Morgan fingerprint density at radius 3 is 1.79 bits per heavy atom. The van der Waals surface area contributed by atoms with E-state index in [0.29, 0.717) is 43.8 Å². The lowest BCUT2D eigenvalue weighted by atomic mass is 10.2. The van der Waals surface area contributed by atoms with Gasteiger partial charge in [0.25, 0.3) is 10.1 Å². The first kappa shape index (κ1) is 44.9. The van der Waals surface area contributed by atoms with E-state index in [1.165, 1.54) is 35.2 Å². The van der Waals surface area contributed by atoms with Crippen LogP contribution in [0, 0.1) is 0 Å². The molecule has 62 heavy (non-hydrogen) atoms. The molecule has 0 saturated heterocycles. The highest BCUT2D eigenvalue weighted by molar-refractivity contribution is 7.99. The molecule has 0 aliphatic carbocycles. The number of aromatic nitrogens is 5. The third-order valence-electron chi connectivity index (χ3n) is 9.18. The number of azo groups is 2. The summed E-state index contributed by atoms with van der Waals surface area (Å²) in [6.45, 7) is 11.2. The maximum Gasteiger partial charge on any atom is 0.297 e. The Balaban J connectivity index is 1.27. The quantitative estimate of drug-likeness (QED) is 0.0357. The van der Waals surface area contributed by atoms with E-state index in [4.69, 9.17) is 28.2 Å². The highest BCUT2D eigenvalue weighted by Gasteiger charge is 2.22. The van der Waals surface area contributed by atoms with Crippen LogP contribution in [0.5, 0.6) is 0 Å². The Bertz CT molecular complexity index is 2910. The predicted molar refractivity (Wildman–Crippen MR) is 252 cm³/mol. The molecule has 0 atom stereocenters. The summed E-state index contributed by atoms with van der Waals surface area (Å²) in [5.74, 6) is 0.688. The Morgan fingerprint density at radius 1 is 0.694 bits per heavy atom. The lowest BCUT2D eigenvalue weighted by molar-refractivity contribution is 0.322. The minimum atomic E-state index is -4.64. The molecule has 7 aromatic rings. The molecular weight excluding hydrogens is 914 g/mol. The highest BCUT2D eigenvalue weighted by atomic mass is 35.5. The molecule has 0 aliphatic rings. The van der Waals surface area contributed by atoms with Crippen molar-refractivity contribution < 1.29 is 18.1 Å². The van der Waals surface area contributed by atoms with E-state index in [-0.39, 0.29) is 38.9 Å². The molecule has 3 aromatic heterocycles. The Morgan fingerprint density at radius 2 is 1.24 bits per heavy atom. The lowest BCUT2D eigenvalue weighted by Gasteiger charge is -2.22. The molecular formula is C39H39Cl2N13O4S4. The summed E-state index contributed by atoms with van der Waals surface area (Å²) in [5.41, 5.74) is 4.85. The number of aliphatic hydroxyl groups is 1. The highest BCUT2D eigenvalue weighted by Crippen LogP contribution is 2.40. The van der Waals surface area contributed by atoms with Gasteiger partial charge in [0.2, 0.25) is 22.2 Å². The van der Waals surface area contributed by atoms with Gasteiger partial charge in [0.15, 0.2) is 5.16 Å². The molecule has 0 fully saturated rings. The van der Waals surface area contributed by atoms with Gasteiger partial charge in [-0.25, -0.2) is 9.97 Å². The fourth-order valence-electron chi connectivity index (χ4n) is 6.24. The predicted octanol–water partition coefficient (Wildman–Crippen LogP) is 11.7. The minimum Gasteiger partial charge on any atom is -0.396 e. The summed E-state index contributed by atoms with van der Waals surface area (Å²) < 4.78 is 35.2. The third kappa shape index (κ3) is 10.5. The summed E-state index contributed by atoms with van der Waals surface area (Å²) in [5, 5.41) is 35.7. The smallest absolute Gasteiger partial charge is 0.297 e. The zero-order chi connectivity index (χ0) is 44.0. The van der Waals surface area contributed by atoms with Gasteiger partial charge in [0.05, 0.1) is 43.4 Å². The number of hydrogen-bond acceptors (Lipinski definition) is 19. The van der Waals surface area contributed by atoms with E-state index in [1.54, 1.807) is 12.1 Å². The SMILES string of the molecule is CCN(CC)c1ccc(N=Nc2nc3ccc(Cl)cc3s2)c(Nc2nc(Nc3cc(N(CC)CC)ccc3N=Nc3nc4ccc(Cl)c(S(=O)(=O)O)c4s3)nc(SCCO)n2)c1.